The van der Waals surface area contributed by atoms with Crippen LogP contribution in [-0.4, -0.2) is 18.1 Å². The highest BCUT2D eigenvalue weighted by Gasteiger charge is 2.48. The lowest BCUT2D eigenvalue weighted by Crippen LogP contribution is -2.37. The summed E-state index contributed by atoms with van der Waals surface area (Å²) in [6, 6.07) is 3.87. The predicted octanol–water partition coefficient (Wildman–Crippen LogP) is 4.01. The molecule has 1 aromatic rings. The molecular weight excluding hydrogens is 283 g/mol. The molecule has 94 valence electrons. The average Bonchev–Trinajstić information content (AvgIpc) is 2.23. The van der Waals surface area contributed by atoms with E-state index in [9.17, 15) is 22.4 Å². The number of hydrogen-bond acceptors (Lipinski definition) is 1. The van der Waals surface area contributed by atoms with E-state index in [0.717, 1.165) is 0 Å². The van der Waals surface area contributed by atoms with Gasteiger partial charge in [0.15, 0.2) is 0 Å². The molecule has 1 rings (SSSR count). The molecule has 0 heterocycles. The lowest BCUT2D eigenvalue weighted by atomic mass is 10.0. The molecule has 0 aliphatic rings. The van der Waals surface area contributed by atoms with Crippen LogP contribution in [0.25, 0.3) is 0 Å². The lowest BCUT2D eigenvalue weighted by Gasteiger charge is -2.14. The Morgan fingerprint density at radius 1 is 1.29 bits per heavy atom. The van der Waals surface area contributed by atoms with Crippen molar-refractivity contribution < 1.29 is 22.4 Å². The summed E-state index contributed by atoms with van der Waals surface area (Å²) in [6.07, 6.45) is -4.93. The van der Waals surface area contributed by atoms with Crippen LogP contribution in [0.5, 0.6) is 0 Å². The van der Waals surface area contributed by atoms with Crippen molar-refractivity contribution in [1.82, 2.24) is 0 Å². The molecule has 0 saturated heterocycles. The molecule has 17 heavy (non-hydrogen) atoms. The monoisotopic (exact) mass is 288 g/mol. The van der Waals surface area contributed by atoms with E-state index in [1.165, 1.54) is 18.2 Å². The minimum atomic E-state index is -4.67. The number of alkyl halides is 4. The van der Waals surface area contributed by atoms with Crippen molar-refractivity contribution >= 4 is 29.0 Å². The van der Waals surface area contributed by atoms with Gasteiger partial charge in [0.25, 0.3) is 0 Å². The molecule has 1 aromatic carbocycles. The molecular formula is C10H6Cl2F4O. The first-order valence-electron chi connectivity index (χ1n) is 4.38. The Morgan fingerprint density at radius 2 is 1.88 bits per heavy atom. The summed E-state index contributed by atoms with van der Waals surface area (Å²) in [5.41, 5.74) is -0.00973. The summed E-state index contributed by atoms with van der Waals surface area (Å²) in [4.78, 5) is 11.0. The molecule has 0 unspecified atom stereocenters. The van der Waals surface area contributed by atoms with Gasteiger partial charge in [-0.1, -0.05) is 23.2 Å². The molecule has 0 amide bonds. The first-order chi connectivity index (χ1) is 7.75. The van der Waals surface area contributed by atoms with Gasteiger partial charge in [0.2, 0.25) is 5.78 Å². The molecule has 0 saturated carbocycles. The minimum absolute atomic E-state index is 0.00973. The van der Waals surface area contributed by atoms with E-state index in [-0.39, 0.29) is 15.6 Å². The van der Waals surface area contributed by atoms with Gasteiger partial charge < -0.3 is 0 Å². The highest BCUT2D eigenvalue weighted by molar-refractivity contribution is 6.33. The third kappa shape index (κ3) is 3.33. The number of carbonyl (C=O) groups is 1. The summed E-state index contributed by atoms with van der Waals surface area (Å²) in [7, 11) is 0. The van der Waals surface area contributed by atoms with Gasteiger partial charge in [-0.05, 0) is 23.8 Å². The van der Waals surface area contributed by atoms with Crippen LogP contribution in [0.4, 0.5) is 17.6 Å². The molecule has 0 N–H and O–H groups in total. The Morgan fingerprint density at radius 3 is 2.41 bits per heavy atom. The third-order valence-corrected chi connectivity index (χ3v) is 2.61. The summed E-state index contributed by atoms with van der Waals surface area (Å²) >= 11 is 11.2. The molecule has 1 nitrogen and oxygen atoms in total. The van der Waals surface area contributed by atoms with Crippen molar-refractivity contribution in [2.24, 2.45) is 0 Å². The Kier molecular flexibility index (Phi) is 4.38. The number of ketones is 1. The minimum Gasteiger partial charge on any atom is -0.292 e. The van der Waals surface area contributed by atoms with Crippen LogP contribution in [-0.2, 0) is 11.2 Å². The third-order valence-electron chi connectivity index (χ3n) is 2.00. The topological polar surface area (TPSA) is 17.1 Å². The van der Waals surface area contributed by atoms with Gasteiger partial charge in [-0.15, -0.1) is 0 Å². The average molecular weight is 289 g/mol. The Labute approximate surface area is 104 Å². The van der Waals surface area contributed by atoms with Crippen LogP contribution >= 0.6 is 23.2 Å². The highest BCUT2D eigenvalue weighted by Crippen LogP contribution is 2.28. The van der Waals surface area contributed by atoms with Crippen LogP contribution in [0.15, 0.2) is 18.2 Å². The van der Waals surface area contributed by atoms with Gasteiger partial charge >= 0.3 is 12.3 Å². The van der Waals surface area contributed by atoms with Crippen molar-refractivity contribution in [2.45, 2.75) is 18.8 Å². The van der Waals surface area contributed by atoms with Gasteiger partial charge in [-0.3, -0.25) is 4.79 Å². The van der Waals surface area contributed by atoms with Crippen molar-refractivity contribution in [2.75, 3.05) is 0 Å². The smallest absolute Gasteiger partial charge is 0.292 e. The van der Waals surface area contributed by atoms with Crippen LogP contribution in [0, 0.1) is 0 Å². The van der Waals surface area contributed by atoms with E-state index in [0.29, 0.717) is 0 Å². The summed E-state index contributed by atoms with van der Waals surface area (Å²) in [6.45, 7) is 0. The number of hydrogen-bond donors (Lipinski definition) is 0. The molecule has 7 heteroatoms. The van der Waals surface area contributed by atoms with Crippen molar-refractivity contribution in [3.8, 4) is 0 Å². The summed E-state index contributed by atoms with van der Waals surface area (Å²) in [5.74, 6) is -6.57. The fourth-order valence-electron chi connectivity index (χ4n) is 1.09. The van der Waals surface area contributed by atoms with E-state index >= 15 is 0 Å². The zero-order valence-corrected chi connectivity index (χ0v) is 9.70. The maximum absolute atomic E-state index is 12.7. The van der Waals surface area contributed by atoms with Crippen LogP contribution < -0.4 is 0 Å². The van der Waals surface area contributed by atoms with E-state index in [4.69, 9.17) is 23.2 Å². The molecule has 0 spiro atoms. The van der Waals surface area contributed by atoms with Crippen LogP contribution in [0.1, 0.15) is 5.56 Å². The second-order valence-corrected chi connectivity index (χ2v) is 4.10. The highest BCUT2D eigenvalue weighted by atomic mass is 35.5. The summed E-state index contributed by atoms with van der Waals surface area (Å²) < 4.78 is 49.2. The van der Waals surface area contributed by atoms with Crippen molar-refractivity contribution in [3.63, 3.8) is 0 Å². The Bertz CT molecular complexity index is 434. The largest absolute Gasteiger partial charge is 0.364 e. The van der Waals surface area contributed by atoms with Gasteiger partial charge in [-0.25, -0.2) is 8.78 Å². The quantitative estimate of drug-likeness (QED) is 0.765. The maximum Gasteiger partial charge on any atom is 0.364 e. The molecule has 0 aromatic heterocycles. The van der Waals surface area contributed by atoms with Gasteiger partial charge in [-0.2, -0.15) is 8.78 Å². The van der Waals surface area contributed by atoms with Gasteiger partial charge in [0, 0.05) is 16.5 Å². The van der Waals surface area contributed by atoms with E-state index in [2.05, 4.69) is 0 Å². The number of rotatable bonds is 4. The SMILES string of the molecule is O=C(Cc1cc(Cl)ccc1Cl)C(F)(F)C(F)F. The molecule has 0 aliphatic heterocycles. The number of halogens is 6. The fourth-order valence-corrected chi connectivity index (χ4v) is 1.47. The molecule has 0 aliphatic carbocycles. The lowest BCUT2D eigenvalue weighted by molar-refractivity contribution is -0.166. The number of carbonyl (C=O) groups excluding carboxylic acids is 1. The second-order valence-electron chi connectivity index (χ2n) is 3.26. The standard InChI is InChI=1S/C10H6Cl2F4O/c11-6-1-2-7(12)5(3-6)4-8(17)10(15,16)9(13)14/h1-3,9H,4H2. The predicted molar refractivity (Wildman–Crippen MR) is 56.1 cm³/mol. The Balaban J connectivity index is 2.92. The number of benzene rings is 1. The zero-order valence-electron chi connectivity index (χ0n) is 8.19. The van der Waals surface area contributed by atoms with E-state index in [1.54, 1.807) is 0 Å². The fraction of sp³-hybridized carbons (Fsp3) is 0.300. The molecule has 0 atom stereocenters. The van der Waals surface area contributed by atoms with E-state index < -0.39 is 24.6 Å². The first-order valence-corrected chi connectivity index (χ1v) is 5.14. The maximum atomic E-state index is 12.7. The van der Waals surface area contributed by atoms with Crippen molar-refractivity contribution in [3.05, 3.63) is 33.8 Å². The Hall–Kier alpha value is -0.810. The normalized spacial score (nSPS) is 11.9. The zero-order chi connectivity index (χ0) is 13.2. The van der Waals surface area contributed by atoms with Crippen LogP contribution in [0.2, 0.25) is 10.0 Å². The van der Waals surface area contributed by atoms with E-state index in [1.807, 2.05) is 0 Å². The first kappa shape index (κ1) is 14.3. The second kappa shape index (κ2) is 5.23. The van der Waals surface area contributed by atoms with Gasteiger partial charge in [0.1, 0.15) is 0 Å². The molecule has 0 radical (unpaired) electrons. The number of Topliss-reactive ketones (excluding diaryl/α,β-unsaturated/α-hetero) is 1. The van der Waals surface area contributed by atoms with Crippen LogP contribution in [0.3, 0.4) is 0 Å². The van der Waals surface area contributed by atoms with Crippen molar-refractivity contribution in [1.29, 1.82) is 0 Å². The summed E-state index contributed by atoms with van der Waals surface area (Å²) in [5, 5.41) is 0.199. The molecule has 0 fully saturated rings. The van der Waals surface area contributed by atoms with Gasteiger partial charge in [0.05, 0.1) is 0 Å². The molecule has 0 bridgehead atoms.